The van der Waals surface area contributed by atoms with Crippen LogP contribution in [0.2, 0.25) is 0 Å². The van der Waals surface area contributed by atoms with Gasteiger partial charge in [-0.3, -0.25) is 24.0 Å². The molecule has 2 aromatic carbocycles. The van der Waals surface area contributed by atoms with Gasteiger partial charge in [0.2, 0.25) is 23.5 Å². The van der Waals surface area contributed by atoms with Gasteiger partial charge in [0, 0.05) is 24.3 Å². The first-order valence-electron chi connectivity index (χ1n) is 15.5. The molecule has 0 unspecified atom stereocenters. The zero-order chi connectivity index (χ0) is 33.5. The van der Waals surface area contributed by atoms with Crippen LogP contribution in [0.1, 0.15) is 49.6 Å². The highest BCUT2D eigenvalue weighted by atomic mass is 32.1. The number of nitrogens with one attached hydrogen (secondary N) is 4. The summed E-state index contributed by atoms with van der Waals surface area (Å²) in [5.41, 5.74) is 1.72. The fourth-order valence-electron chi connectivity index (χ4n) is 4.85. The van der Waals surface area contributed by atoms with Crippen LogP contribution in [0, 0.1) is 5.92 Å². The van der Waals surface area contributed by atoms with E-state index in [1.165, 1.54) is 0 Å². The number of Topliss-reactive ketones (excluding diaryl/α,β-unsaturated/α-hetero) is 1. The standard InChI is InChI=1S/C35H44N4O6S/c1-5-36-35(44)32(41)29(22-25-13-16-26(45-4)17-14-25)38-34(43)31(23(2)3)39-33(42)28(19-15-24-10-7-6-8-11-24)37-30(40)20-18-27-12-9-21-46-27/h6-14,16-17,21,23,28-29,31H,5,15,18-20,22H2,1-4H3,(H,36,44)(H,37,40)(H,38,43)(H,39,42)/t28-,29-,31-/m0/s1. The Hall–Kier alpha value is -4.51. The van der Waals surface area contributed by atoms with Crippen molar-refractivity contribution in [2.45, 2.75) is 71.0 Å². The van der Waals surface area contributed by atoms with E-state index in [2.05, 4.69) is 21.3 Å². The Balaban J connectivity index is 1.75. The average Bonchev–Trinajstić information content (AvgIpc) is 3.58. The number of methoxy groups -OCH3 is 1. The van der Waals surface area contributed by atoms with Crippen molar-refractivity contribution in [1.82, 2.24) is 21.3 Å². The van der Waals surface area contributed by atoms with E-state index < -0.39 is 41.6 Å². The van der Waals surface area contributed by atoms with Crippen molar-refractivity contribution in [1.29, 1.82) is 0 Å². The zero-order valence-corrected chi connectivity index (χ0v) is 27.7. The summed E-state index contributed by atoms with van der Waals surface area (Å²) in [7, 11) is 1.54. The molecule has 0 bridgehead atoms. The number of benzene rings is 2. The van der Waals surface area contributed by atoms with E-state index in [0.717, 1.165) is 10.4 Å². The van der Waals surface area contributed by atoms with Gasteiger partial charge in [-0.1, -0.05) is 62.4 Å². The summed E-state index contributed by atoms with van der Waals surface area (Å²) in [6.45, 7) is 5.49. The summed E-state index contributed by atoms with van der Waals surface area (Å²) in [6, 6.07) is 17.4. The number of ether oxygens (including phenoxy) is 1. The lowest BCUT2D eigenvalue weighted by Crippen LogP contribution is -2.58. The van der Waals surface area contributed by atoms with Crippen LogP contribution in [-0.2, 0) is 43.2 Å². The fraction of sp³-hybridized carbons (Fsp3) is 0.400. The van der Waals surface area contributed by atoms with E-state index >= 15 is 0 Å². The lowest BCUT2D eigenvalue weighted by molar-refractivity contribution is -0.140. The van der Waals surface area contributed by atoms with E-state index in [1.54, 1.807) is 63.5 Å². The number of hydrogen-bond acceptors (Lipinski definition) is 7. The van der Waals surface area contributed by atoms with E-state index in [9.17, 15) is 24.0 Å². The third kappa shape index (κ3) is 11.4. The number of thiophene rings is 1. The van der Waals surface area contributed by atoms with Crippen LogP contribution < -0.4 is 26.0 Å². The summed E-state index contributed by atoms with van der Waals surface area (Å²) in [5.74, 6) is -2.71. The summed E-state index contributed by atoms with van der Waals surface area (Å²) in [4.78, 5) is 66.9. The van der Waals surface area contributed by atoms with E-state index in [1.807, 2.05) is 47.8 Å². The maximum Gasteiger partial charge on any atom is 0.289 e. The Morgan fingerprint density at radius 3 is 2.11 bits per heavy atom. The second-order valence-electron chi connectivity index (χ2n) is 11.3. The Bertz CT molecular complexity index is 1430. The predicted molar refractivity (Wildman–Crippen MR) is 178 cm³/mol. The number of carbonyl (C=O) groups excluding carboxylic acids is 5. The summed E-state index contributed by atoms with van der Waals surface area (Å²) in [5, 5.41) is 12.8. The van der Waals surface area contributed by atoms with Crippen LogP contribution in [0.3, 0.4) is 0 Å². The van der Waals surface area contributed by atoms with Crippen molar-refractivity contribution < 1.29 is 28.7 Å². The Labute approximate surface area is 274 Å². The van der Waals surface area contributed by atoms with Crippen molar-refractivity contribution in [2.24, 2.45) is 5.92 Å². The number of rotatable bonds is 18. The van der Waals surface area contributed by atoms with Gasteiger partial charge in [-0.05, 0) is 66.8 Å². The number of aryl methyl sites for hydroxylation is 2. The van der Waals surface area contributed by atoms with Crippen LogP contribution in [0.15, 0.2) is 72.1 Å². The van der Waals surface area contributed by atoms with E-state index in [-0.39, 0.29) is 31.2 Å². The molecule has 1 aromatic heterocycles. The molecular weight excluding hydrogens is 604 g/mol. The highest BCUT2D eigenvalue weighted by Gasteiger charge is 2.33. The monoisotopic (exact) mass is 648 g/mol. The first kappa shape index (κ1) is 36.0. The van der Waals surface area contributed by atoms with Gasteiger partial charge < -0.3 is 26.0 Å². The van der Waals surface area contributed by atoms with Crippen molar-refractivity contribution in [2.75, 3.05) is 13.7 Å². The maximum atomic E-state index is 13.7. The van der Waals surface area contributed by atoms with Gasteiger partial charge in [0.15, 0.2) is 0 Å². The summed E-state index contributed by atoms with van der Waals surface area (Å²) >= 11 is 1.57. The molecule has 10 nitrogen and oxygen atoms in total. The molecule has 4 amide bonds. The van der Waals surface area contributed by atoms with Crippen LogP contribution in [0.25, 0.3) is 0 Å². The molecule has 0 aliphatic carbocycles. The molecule has 0 aliphatic heterocycles. The average molecular weight is 649 g/mol. The number of ketones is 1. The molecule has 0 spiro atoms. The van der Waals surface area contributed by atoms with Crippen molar-refractivity contribution in [3.63, 3.8) is 0 Å². The third-order valence-electron chi connectivity index (χ3n) is 7.43. The molecule has 4 N–H and O–H groups in total. The number of amides is 4. The number of hydrogen-bond donors (Lipinski definition) is 4. The van der Waals surface area contributed by atoms with Crippen LogP contribution in [0.4, 0.5) is 0 Å². The highest BCUT2D eigenvalue weighted by molar-refractivity contribution is 7.09. The molecule has 1 heterocycles. The van der Waals surface area contributed by atoms with Gasteiger partial charge in [-0.25, -0.2) is 0 Å². The largest absolute Gasteiger partial charge is 0.497 e. The first-order valence-corrected chi connectivity index (χ1v) is 16.4. The molecule has 3 rings (SSSR count). The minimum absolute atomic E-state index is 0.0600. The van der Waals surface area contributed by atoms with E-state index in [0.29, 0.717) is 30.6 Å². The molecular formula is C35H44N4O6S. The van der Waals surface area contributed by atoms with E-state index in [4.69, 9.17) is 4.74 Å². The van der Waals surface area contributed by atoms with Crippen molar-refractivity contribution >= 4 is 40.7 Å². The second-order valence-corrected chi connectivity index (χ2v) is 12.3. The lowest BCUT2D eigenvalue weighted by Gasteiger charge is -2.27. The summed E-state index contributed by atoms with van der Waals surface area (Å²) < 4.78 is 5.20. The Morgan fingerprint density at radius 2 is 1.50 bits per heavy atom. The molecule has 46 heavy (non-hydrogen) atoms. The number of likely N-dealkylation sites (N-methyl/N-ethyl adjacent to an activating group) is 1. The first-order chi connectivity index (χ1) is 22.1. The van der Waals surface area contributed by atoms with Gasteiger partial charge in [0.05, 0.1) is 7.11 Å². The molecule has 0 saturated heterocycles. The SMILES string of the molecule is CCNC(=O)C(=O)[C@H](Cc1ccc(OC)cc1)NC(=O)[C@@H](NC(=O)[C@H](CCc1ccccc1)NC(=O)CCc1cccs1)C(C)C. The predicted octanol–water partition coefficient (Wildman–Crippen LogP) is 3.38. The summed E-state index contributed by atoms with van der Waals surface area (Å²) in [6.07, 6.45) is 1.70. The molecule has 3 aromatic rings. The Kier molecular flexibility index (Phi) is 14.4. The lowest BCUT2D eigenvalue weighted by atomic mass is 9.98. The van der Waals surface area contributed by atoms with Crippen LogP contribution >= 0.6 is 11.3 Å². The van der Waals surface area contributed by atoms with Crippen molar-refractivity contribution in [3.05, 3.63) is 88.1 Å². The van der Waals surface area contributed by atoms with Gasteiger partial charge >= 0.3 is 0 Å². The highest BCUT2D eigenvalue weighted by Crippen LogP contribution is 2.15. The molecule has 3 atom stereocenters. The van der Waals surface area contributed by atoms with Gasteiger partial charge in [0.25, 0.3) is 5.91 Å². The van der Waals surface area contributed by atoms with Gasteiger partial charge in [0.1, 0.15) is 23.9 Å². The molecule has 0 fully saturated rings. The van der Waals surface area contributed by atoms with Gasteiger partial charge in [-0.2, -0.15) is 0 Å². The minimum atomic E-state index is -1.17. The third-order valence-corrected chi connectivity index (χ3v) is 8.37. The second kappa shape index (κ2) is 18.5. The fourth-order valence-corrected chi connectivity index (χ4v) is 5.55. The minimum Gasteiger partial charge on any atom is -0.497 e. The molecule has 0 aliphatic rings. The van der Waals surface area contributed by atoms with Crippen molar-refractivity contribution in [3.8, 4) is 5.75 Å². The molecule has 246 valence electrons. The zero-order valence-electron chi connectivity index (χ0n) is 26.8. The maximum absolute atomic E-state index is 13.7. The quantitative estimate of drug-likeness (QED) is 0.156. The van der Waals surface area contributed by atoms with Gasteiger partial charge in [-0.15, -0.1) is 11.3 Å². The van der Waals surface area contributed by atoms with Crippen LogP contribution in [-0.4, -0.2) is 61.2 Å². The number of carbonyl (C=O) groups is 5. The van der Waals surface area contributed by atoms with Crippen LogP contribution in [0.5, 0.6) is 5.75 Å². The molecule has 0 radical (unpaired) electrons. The topological polar surface area (TPSA) is 143 Å². The Morgan fingerprint density at radius 1 is 0.783 bits per heavy atom. The smallest absolute Gasteiger partial charge is 0.289 e. The normalized spacial score (nSPS) is 12.8. The molecule has 0 saturated carbocycles. The molecule has 11 heteroatoms.